The number of carbonyl (C=O) groups is 1. The molecule has 17 heavy (non-hydrogen) atoms. The smallest absolute Gasteiger partial charge is 0.221 e. The van der Waals surface area contributed by atoms with Crippen molar-refractivity contribution in [3.8, 4) is 5.75 Å². The highest BCUT2D eigenvalue weighted by Gasteiger charge is 2.03. The fourth-order valence-electron chi connectivity index (χ4n) is 1.50. The fourth-order valence-corrected chi connectivity index (χ4v) is 1.50. The van der Waals surface area contributed by atoms with E-state index in [1.54, 1.807) is 7.11 Å². The maximum atomic E-state index is 11.3. The third-order valence-corrected chi connectivity index (χ3v) is 2.40. The van der Waals surface area contributed by atoms with Gasteiger partial charge in [0.1, 0.15) is 5.75 Å². The van der Waals surface area contributed by atoms with E-state index in [9.17, 15) is 4.79 Å². The van der Waals surface area contributed by atoms with Crippen LogP contribution in [0.2, 0.25) is 0 Å². The van der Waals surface area contributed by atoms with Crippen LogP contribution in [0, 0.1) is 0 Å². The molecule has 4 nitrogen and oxygen atoms in total. The van der Waals surface area contributed by atoms with Gasteiger partial charge in [0.05, 0.1) is 7.11 Å². The van der Waals surface area contributed by atoms with Gasteiger partial charge in [-0.15, -0.1) is 0 Å². The predicted molar refractivity (Wildman–Crippen MR) is 68.0 cm³/mol. The molecular formula is C13H20N2O2. The molecule has 0 saturated heterocycles. The molecule has 1 unspecified atom stereocenters. The molecule has 0 aliphatic heterocycles. The molecule has 4 heteroatoms. The van der Waals surface area contributed by atoms with Crippen LogP contribution in [-0.4, -0.2) is 25.6 Å². The van der Waals surface area contributed by atoms with E-state index in [0.29, 0.717) is 13.0 Å². The summed E-state index contributed by atoms with van der Waals surface area (Å²) in [5.74, 6) is 0.850. The third-order valence-electron chi connectivity index (χ3n) is 2.40. The maximum Gasteiger partial charge on any atom is 0.221 e. The number of nitrogens with one attached hydrogen (secondary N) is 1. The average molecular weight is 236 g/mol. The first kappa shape index (κ1) is 13.5. The summed E-state index contributed by atoms with van der Waals surface area (Å²) < 4.78 is 5.07. The summed E-state index contributed by atoms with van der Waals surface area (Å²) in [7, 11) is 1.64. The molecule has 3 N–H and O–H groups in total. The van der Waals surface area contributed by atoms with Gasteiger partial charge in [0.15, 0.2) is 0 Å². The van der Waals surface area contributed by atoms with Crippen LogP contribution >= 0.6 is 0 Å². The van der Waals surface area contributed by atoms with E-state index in [1.807, 2.05) is 31.2 Å². The average Bonchev–Trinajstić information content (AvgIpc) is 2.29. The molecule has 0 aliphatic carbocycles. The molecule has 0 aromatic heterocycles. The third kappa shape index (κ3) is 5.36. The number of hydrogen-bond acceptors (Lipinski definition) is 3. The Morgan fingerprint density at radius 1 is 1.41 bits per heavy atom. The van der Waals surface area contributed by atoms with Gasteiger partial charge in [-0.2, -0.15) is 0 Å². The van der Waals surface area contributed by atoms with E-state index in [-0.39, 0.29) is 11.9 Å². The lowest BCUT2D eigenvalue weighted by Gasteiger charge is -2.07. The highest BCUT2D eigenvalue weighted by molar-refractivity contribution is 5.76. The van der Waals surface area contributed by atoms with Gasteiger partial charge in [-0.1, -0.05) is 12.1 Å². The minimum absolute atomic E-state index is 0.00788. The number of carbonyl (C=O) groups excluding carboxylic acids is 1. The largest absolute Gasteiger partial charge is 0.497 e. The molecule has 1 aromatic carbocycles. The molecule has 1 aromatic rings. The van der Waals surface area contributed by atoms with E-state index in [0.717, 1.165) is 12.2 Å². The van der Waals surface area contributed by atoms with Crippen LogP contribution in [0.15, 0.2) is 24.3 Å². The van der Waals surface area contributed by atoms with E-state index in [1.165, 1.54) is 5.56 Å². The normalized spacial score (nSPS) is 11.9. The van der Waals surface area contributed by atoms with Crippen LogP contribution in [0.1, 0.15) is 18.9 Å². The van der Waals surface area contributed by atoms with E-state index in [2.05, 4.69) is 5.32 Å². The van der Waals surface area contributed by atoms with Crippen LogP contribution in [-0.2, 0) is 11.2 Å². The molecule has 1 atom stereocenters. The molecule has 0 heterocycles. The second-order valence-electron chi connectivity index (χ2n) is 4.13. The number of methoxy groups -OCH3 is 1. The van der Waals surface area contributed by atoms with Crippen molar-refractivity contribution in [1.29, 1.82) is 0 Å². The van der Waals surface area contributed by atoms with Crippen LogP contribution in [0.5, 0.6) is 5.75 Å². The molecule has 0 aliphatic rings. The molecule has 0 saturated carbocycles. The Morgan fingerprint density at radius 2 is 2.06 bits per heavy atom. The summed E-state index contributed by atoms with van der Waals surface area (Å²) in [6, 6.07) is 7.74. The Kier molecular flexibility index (Phi) is 5.49. The van der Waals surface area contributed by atoms with E-state index in [4.69, 9.17) is 10.5 Å². The van der Waals surface area contributed by atoms with E-state index >= 15 is 0 Å². The molecule has 0 fully saturated rings. The topological polar surface area (TPSA) is 64.3 Å². The number of hydrogen-bond donors (Lipinski definition) is 2. The molecule has 94 valence electrons. The minimum atomic E-state index is -0.0870. The molecule has 1 rings (SSSR count). The highest BCUT2D eigenvalue weighted by atomic mass is 16.5. The summed E-state index contributed by atoms with van der Waals surface area (Å²) >= 11 is 0. The number of amides is 1. The first-order valence-electron chi connectivity index (χ1n) is 5.77. The summed E-state index contributed by atoms with van der Waals surface area (Å²) in [6.45, 7) is 2.46. The monoisotopic (exact) mass is 236 g/mol. The van der Waals surface area contributed by atoms with Gasteiger partial charge in [0, 0.05) is 19.0 Å². The Hall–Kier alpha value is -1.55. The van der Waals surface area contributed by atoms with Crippen LogP contribution in [0.3, 0.4) is 0 Å². The van der Waals surface area contributed by atoms with Gasteiger partial charge in [0.2, 0.25) is 5.91 Å². The minimum Gasteiger partial charge on any atom is -0.497 e. The molecule has 0 radical (unpaired) electrons. The molecule has 0 spiro atoms. The Bertz CT molecular complexity index is 347. The van der Waals surface area contributed by atoms with Crippen LogP contribution in [0.4, 0.5) is 0 Å². The maximum absolute atomic E-state index is 11.3. The van der Waals surface area contributed by atoms with Gasteiger partial charge in [-0.25, -0.2) is 0 Å². The van der Waals surface area contributed by atoms with Crippen molar-refractivity contribution < 1.29 is 9.53 Å². The zero-order valence-corrected chi connectivity index (χ0v) is 10.4. The number of nitrogens with two attached hydrogens (primary N) is 1. The van der Waals surface area contributed by atoms with Crippen molar-refractivity contribution in [2.24, 2.45) is 5.73 Å². The summed E-state index contributed by atoms with van der Waals surface area (Å²) in [6.07, 6.45) is 1.19. The first-order valence-corrected chi connectivity index (χ1v) is 5.77. The van der Waals surface area contributed by atoms with Crippen molar-refractivity contribution in [3.05, 3.63) is 29.8 Å². The van der Waals surface area contributed by atoms with E-state index < -0.39 is 0 Å². The van der Waals surface area contributed by atoms with Crippen molar-refractivity contribution in [3.63, 3.8) is 0 Å². The number of benzene rings is 1. The molecule has 1 amide bonds. The SMILES string of the molecule is COc1ccc(CCNC(=O)CC(C)N)cc1. The second-order valence-corrected chi connectivity index (χ2v) is 4.13. The standard InChI is InChI=1S/C13H20N2O2/c1-10(14)9-13(16)15-8-7-11-3-5-12(17-2)6-4-11/h3-6,10H,7-9,14H2,1-2H3,(H,15,16). The quantitative estimate of drug-likeness (QED) is 0.777. The van der Waals surface area contributed by atoms with Crippen molar-refractivity contribution in [2.45, 2.75) is 25.8 Å². The lowest BCUT2D eigenvalue weighted by Crippen LogP contribution is -2.31. The van der Waals surface area contributed by atoms with Gasteiger partial charge in [-0.3, -0.25) is 4.79 Å². The number of rotatable bonds is 6. The predicted octanol–water partition coefficient (Wildman–Crippen LogP) is 1.09. The number of ether oxygens (including phenoxy) is 1. The van der Waals surface area contributed by atoms with Gasteiger partial charge >= 0.3 is 0 Å². The summed E-state index contributed by atoms with van der Waals surface area (Å²) in [5, 5.41) is 2.84. The Morgan fingerprint density at radius 3 is 2.59 bits per heavy atom. The first-order chi connectivity index (χ1) is 8.11. The Labute approximate surface area is 102 Å². The zero-order chi connectivity index (χ0) is 12.7. The highest BCUT2D eigenvalue weighted by Crippen LogP contribution is 2.11. The summed E-state index contributed by atoms with van der Waals surface area (Å²) in [5.41, 5.74) is 6.71. The lowest BCUT2D eigenvalue weighted by atomic mass is 10.1. The summed E-state index contributed by atoms with van der Waals surface area (Å²) in [4.78, 5) is 11.3. The van der Waals surface area contributed by atoms with Crippen molar-refractivity contribution in [1.82, 2.24) is 5.32 Å². The lowest BCUT2D eigenvalue weighted by molar-refractivity contribution is -0.121. The second kappa shape index (κ2) is 6.91. The zero-order valence-electron chi connectivity index (χ0n) is 10.4. The van der Waals surface area contributed by atoms with Crippen LogP contribution < -0.4 is 15.8 Å². The van der Waals surface area contributed by atoms with Gasteiger partial charge in [0.25, 0.3) is 0 Å². The van der Waals surface area contributed by atoms with Crippen molar-refractivity contribution >= 4 is 5.91 Å². The van der Waals surface area contributed by atoms with Crippen molar-refractivity contribution in [2.75, 3.05) is 13.7 Å². The van der Waals surface area contributed by atoms with Gasteiger partial charge in [-0.05, 0) is 31.0 Å². The Balaban J connectivity index is 2.28. The van der Waals surface area contributed by atoms with Crippen LogP contribution in [0.25, 0.3) is 0 Å². The molecule has 0 bridgehead atoms. The fraction of sp³-hybridized carbons (Fsp3) is 0.462. The molecular weight excluding hydrogens is 216 g/mol. The van der Waals surface area contributed by atoms with Gasteiger partial charge < -0.3 is 15.8 Å².